The SMILES string of the molecule is CCN(Cc1ccncc1)C(=O)c1csc2nc(-c3ccc(F)cc3)cn12. The second-order valence-electron chi connectivity index (χ2n) is 6.08. The standard InChI is InChI=1S/C20H17FN4OS/c1-2-24(11-14-7-9-22-10-8-14)19(26)18-13-27-20-23-17(12-25(18)20)15-3-5-16(21)6-4-15/h3-10,12-13H,2,11H2,1H3. The summed E-state index contributed by atoms with van der Waals surface area (Å²) in [6.07, 6.45) is 5.27. The molecule has 1 aromatic carbocycles. The van der Waals surface area contributed by atoms with Gasteiger partial charge in [-0.05, 0) is 48.9 Å². The average Bonchev–Trinajstić information content (AvgIpc) is 3.28. The fraction of sp³-hybridized carbons (Fsp3) is 0.150. The molecule has 3 heterocycles. The van der Waals surface area contributed by atoms with Crippen LogP contribution in [0, 0.1) is 5.82 Å². The molecule has 0 radical (unpaired) electrons. The van der Waals surface area contributed by atoms with Crippen molar-refractivity contribution in [1.29, 1.82) is 0 Å². The Bertz CT molecular complexity index is 1070. The summed E-state index contributed by atoms with van der Waals surface area (Å²) in [6, 6.07) is 9.99. The summed E-state index contributed by atoms with van der Waals surface area (Å²) in [4.78, 5) is 24.2. The predicted octanol–water partition coefficient (Wildman–Crippen LogP) is 4.26. The minimum atomic E-state index is -0.287. The van der Waals surface area contributed by atoms with Crippen LogP contribution in [0.3, 0.4) is 0 Å². The van der Waals surface area contributed by atoms with Gasteiger partial charge >= 0.3 is 0 Å². The monoisotopic (exact) mass is 380 g/mol. The maximum absolute atomic E-state index is 13.1. The van der Waals surface area contributed by atoms with Gasteiger partial charge in [0.1, 0.15) is 11.5 Å². The van der Waals surface area contributed by atoms with Gasteiger partial charge in [0.05, 0.1) is 5.69 Å². The van der Waals surface area contributed by atoms with Gasteiger partial charge in [0, 0.05) is 42.6 Å². The van der Waals surface area contributed by atoms with Crippen LogP contribution >= 0.6 is 11.3 Å². The highest BCUT2D eigenvalue weighted by molar-refractivity contribution is 7.15. The molecule has 0 atom stereocenters. The lowest BCUT2D eigenvalue weighted by Gasteiger charge is -2.20. The highest BCUT2D eigenvalue weighted by Crippen LogP contribution is 2.25. The van der Waals surface area contributed by atoms with Gasteiger partial charge in [0.25, 0.3) is 5.91 Å². The van der Waals surface area contributed by atoms with Crippen molar-refractivity contribution in [3.05, 3.63) is 77.4 Å². The van der Waals surface area contributed by atoms with E-state index >= 15 is 0 Å². The molecule has 0 bridgehead atoms. The molecular formula is C20H17FN4OS. The molecule has 0 aliphatic heterocycles. The van der Waals surface area contributed by atoms with Gasteiger partial charge in [-0.2, -0.15) is 0 Å². The van der Waals surface area contributed by atoms with E-state index in [1.807, 2.05) is 30.6 Å². The zero-order chi connectivity index (χ0) is 18.8. The van der Waals surface area contributed by atoms with Crippen molar-refractivity contribution in [2.75, 3.05) is 6.54 Å². The minimum Gasteiger partial charge on any atom is -0.333 e. The molecule has 0 aliphatic carbocycles. The molecule has 136 valence electrons. The maximum Gasteiger partial charge on any atom is 0.272 e. The van der Waals surface area contributed by atoms with Crippen molar-refractivity contribution in [2.24, 2.45) is 0 Å². The predicted molar refractivity (Wildman–Crippen MR) is 103 cm³/mol. The van der Waals surface area contributed by atoms with Crippen molar-refractivity contribution in [2.45, 2.75) is 13.5 Å². The number of benzene rings is 1. The van der Waals surface area contributed by atoms with Crippen LogP contribution < -0.4 is 0 Å². The molecule has 1 amide bonds. The molecule has 0 aliphatic rings. The van der Waals surface area contributed by atoms with Crippen LogP contribution in [-0.2, 0) is 6.54 Å². The van der Waals surface area contributed by atoms with Crippen LogP contribution in [0.2, 0.25) is 0 Å². The Kier molecular flexibility index (Phi) is 4.68. The number of hydrogen-bond acceptors (Lipinski definition) is 4. The summed E-state index contributed by atoms with van der Waals surface area (Å²) in [5.41, 5.74) is 3.14. The zero-order valence-corrected chi connectivity index (χ0v) is 15.5. The van der Waals surface area contributed by atoms with Crippen LogP contribution in [0.4, 0.5) is 4.39 Å². The number of imidazole rings is 1. The highest BCUT2D eigenvalue weighted by Gasteiger charge is 2.20. The first kappa shape index (κ1) is 17.4. The Labute approximate surface area is 159 Å². The molecule has 3 aromatic heterocycles. The second kappa shape index (κ2) is 7.28. The minimum absolute atomic E-state index is 0.0522. The molecule has 0 spiro atoms. The van der Waals surface area contributed by atoms with Crippen molar-refractivity contribution < 1.29 is 9.18 Å². The molecule has 27 heavy (non-hydrogen) atoms. The van der Waals surface area contributed by atoms with Gasteiger partial charge in [0.15, 0.2) is 4.96 Å². The van der Waals surface area contributed by atoms with Crippen molar-refractivity contribution >= 4 is 22.2 Å². The number of aromatic nitrogens is 3. The molecule has 4 aromatic rings. The van der Waals surface area contributed by atoms with Crippen LogP contribution in [0.1, 0.15) is 23.0 Å². The molecule has 5 nitrogen and oxygen atoms in total. The largest absolute Gasteiger partial charge is 0.333 e. The first-order chi connectivity index (χ1) is 13.2. The second-order valence-corrected chi connectivity index (χ2v) is 6.92. The number of pyridine rings is 1. The third kappa shape index (κ3) is 3.46. The average molecular weight is 380 g/mol. The van der Waals surface area contributed by atoms with Crippen molar-refractivity contribution in [3.8, 4) is 11.3 Å². The number of nitrogens with zero attached hydrogens (tertiary/aromatic N) is 4. The first-order valence-electron chi connectivity index (χ1n) is 8.56. The van der Waals surface area contributed by atoms with E-state index in [0.717, 1.165) is 16.1 Å². The van der Waals surface area contributed by atoms with E-state index < -0.39 is 0 Å². The molecule has 0 unspecified atom stereocenters. The topological polar surface area (TPSA) is 50.5 Å². The number of amides is 1. The fourth-order valence-electron chi connectivity index (χ4n) is 2.90. The Morgan fingerprint density at radius 3 is 2.63 bits per heavy atom. The Morgan fingerprint density at radius 1 is 1.19 bits per heavy atom. The first-order valence-corrected chi connectivity index (χ1v) is 9.44. The highest BCUT2D eigenvalue weighted by atomic mass is 32.1. The molecule has 4 rings (SSSR count). The Morgan fingerprint density at radius 2 is 1.93 bits per heavy atom. The summed E-state index contributed by atoms with van der Waals surface area (Å²) in [5.74, 6) is -0.339. The number of halogens is 1. The summed E-state index contributed by atoms with van der Waals surface area (Å²) in [7, 11) is 0. The fourth-order valence-corrected chi connectivity index (χ4v) is 3.74. The Hall–Kier alpha value is -3.06. The third-order valence-corrected chi connectivity index (χ3v) is 5.20. The van der Waals surface area contributed by atoms with Gasteiger partial charge < -0.3 is 4.90 Å². The van der Waals surface area contributed by atoms with E-state index in [2.05, 4.69) is 9.97 Å². The van der Waals surface area contributed by atoms with Crippen LogP contribution in [-0.4, -0.2) is 31.7 Å². The van der Waals surface area contributed by atoms with E-state index in [1.54, 1.807) is 33.8 Å². The van der Waals surface area contributed by atoms with Gasteiger partial charge in [-0.3, -0.25) is 14.2 Å². The van der Waals surface area contributed by atoms with Gasteiger partial charge in [-0.1, -0.05) is 0 Å². The number of hydrogen-bond donors (Lipinski definition) is 0. The lowest BCUT2D eigenvalue weighted by Crippen LogP contribution is -2.31. The van der Waals surface area contributed by atoms with Gasteiger partial charge in [-0.25, -0.2) is 9.37 Å². The number of fused-ring (bicyclic) bond motifs is 1. The molecule has 0 saturated carbocycles. The summed E-state index contributed by atoms with van der Waals surface area (Å²) < 4.78 is 15.0. The van der Waals surface area contributed by atoms with E-state index in [1.165, 1.54) is 23.5 Å². The van der Waals surface area contributed by atoms with E-state index in [9.17, 15) is 9.18 Å². The maximum atomic E-state index is 13.1. The molecule has 0 N–H and O–H groups in total. The van der Waals surface area contributed by atoms with Gasteiger partial charge in [0.2, 0.25) is 0 Å². The molecular weight excluding hydrogens is 363 g/mol. The number of thiazole rings is 1. The van der Waals surface area contributed by atoms with Crippen LogP contribution in [0.5, 0.6) is 0 Å². The van der Waals surface area contributed by atoms with Crippen molar-refractivity contribution in [1.82, 2.24) is 19.3 Å². The zero-order valence-electron chi connectivity index (χ0n) is 14.7. The van der Waals surface area contributed by atoms with Crippen LogP contribution in [0.25, 0.3) is 16.2 Å². The lowest BCUT2D eigenvalue weighted by atomic mass is 10.2. The van der Waals surface area contributed by atoms with Crippen LogP contribution in [0.15, 0.2) is 60.4 Å². The Balaban J connectivity index is 1.64. The number of rotatable bonds is 5. The number of carbonyl (C=O) groups excluding carboxylic acids is 1. The number of carbonyl (C=O) groups is 1. The third-order valence-electron chi connectivity index (χ3n) is 4.36. The van der Waals surface area contributed by atoms with E-state index in [-0.39, 0.29) is 11.7 Å². The molecule has 0 saturated heterocycles. The van der Waals surface area contributed by atoms with Crippen molar-refractivity contribution in [3.63, 3.8) is 0 Å². The molecule has 0 fully saturated rings. The molecule has 7 heteroatoms. The van der Waals surface area contributed by atoms with Gasteiger partial charge in [-0.15, -0.1) is 11.3 Å². The summed E-state index contributed by atoms with van der Waals surface area (Å²) >= 11 is 1.42. The summed E-state index contributed by atoms with van der Waals surface area (Å²) in [5, 5.41) is 1.83. The quantitative estimate of drug-likeness (QED) is 0.520. The summed E-state index contributed by atoms with van der Waals surface area (Å²) in [6.45, 7) is 3.08. The normalized spacial score (nSPS) is 11.0. The smallest absolute Gasteiger partial charge is 0.272 e. The lowest BCUT2D eigenvalue weighted by molar-refractivity contribution is 0.0746. The van der Waals surface area contributed by atoms with E-state index in [0.29, 0.717) is 24.5 Å². The van der Waals surface area contributed by atoms with E-state index in [4.69, 9.17) is 0 Å².